The summed E-state index contributed by atoms with van der Waals surface area (Å²) in [6.07, 6.45) is 0. The van der Waals surface area contributed by atoms with Gasteiger partial charge >= 0.3 is 0 Å². The monoisotopic (exact) mass is 441 g/mol. The highest BCUT2D eigenvalue weighted by Gasteiger charge is 2.28. The molecule has 0 saturated heterocycles. The van der Waals surface area contributed by atoms with Gasteiger partial charge in [-0.25, -0.2) is 17.7 Å². The fourth-order valence-corrected chi connectivity index (χ4v) is 4.59. The number of nitrogens with zero attached hydrogens (tertiary/aromatic N) is 5. The molecular weight excluding hydrogens is 418 g/mol. The molecule has 0 fully saturated rings. The Morgan fingerprint density at radius 1 is 1.00 bits per heavy atom. The van der Waals surface area contributed by atoms with Crippen molar-refractivity contribution in [3.63, 3.8) is 0 Å². The number of hydrogen-bond donors (Lipinski definition) is 0. The lowest BCUT2D eigenvalue weighted by molar-refractivity contribution is 0.354. The molecule has 4 aromatic rings. The van der Waals surface area contributed by atoms with Crippen LogP contribution < -0.4 is 13.8 Å². The van der Waals surface area contributed by atoms with E-state index in [-0.39, 0.29) is 16.6 Å². The summed E-state index contributed by atoms with van der Waals surface area (Å²) < 4.78 is 40.4. The Morgan fingerprint density at radius 2 is 1.71 bits per heavy atom. The number of para-hydroxylation sites is 2. The number of rotatable bonds is 6. The Hall–Kier alpha value is -3.40. The van der Waals surface area contributed by atoms with E-state index in [1.807, 2.05) is 42.5 Å². The Bertz CT molecular complexity index is 1380. The average molecular weight is 442 g/mol. The van der Waals surface area contributed by atoms with Gasteiger partial charge in [-0.2, -0.15) is 0 Å². The fraction of sp³-hybridized carbons (Fsp3) is 0.286. The first-order chi connectivity index (χ1) is 14.8. The van der Waals surface area contributed by atoms with Crippen LogP contribution in [0.2, 0.25) is 0 Å². The molecule has 0 N–H and O–H groups in total. The first-order valence-electron chi connectivity index (χ1n) is 9.64. The van der Waals surface area contributed by atoms with Gasteiger partial charge in [-0.05, 0) is 24.3 Å². The lowest BCUT2D eigenvalue weighted by Gasteiger charge is -2.20. The quantitative estimate of drug-likeness (QED) is 0.453. The van der Waals surface area contributed by atoms with Gasteiger partial charge in [-0.15, -0.1) is 10.2 Å². The molecule has 2 aromatic heterocycles. The van der Waals surface area contributed by atoms with Crippen LogP contribution >= 0.6 is 0 Å². The van der Waals surface area contributed by atoms with Crippen LogP contribution in [0.1, 0.15) is 25.6 Å². The maximum absolute atomic E-state index is 13.5. The van der Waals surface area contributed by atoms with Crippen molar-refractivity contribution >= 4 is 32.5 Å². The molecule has 2 aromatic carbocycles. The number of hydrogen-bond acceptors (Lipinski definition) is 7. The highest BCUT2D eigenvalue weighted by atomic mass is 32.2. The third kappa shape index (κ3) is 3.32. The maximum Gasteiger partial charge on any atom is 0.265 e. The minimum absolute atomic E-state index is 0.0457. The molecule has 9 nitrogen and oxygen atoms in total. The zero-order chi connectivity index (χ0) is 22.3. The predicted octanol–water partition coefficient (Wildman–Crippen LogP) is 3.24. The molecule has 31 heavy (non-hydrogen) atoms. The van der Waals surface area contributed by atoms with Gasteiger partial charge in [0.1, 0.15) is 5.82 Å². The van der Waals surface area contributed by atoms with E-state index >= 15 is 0 Å². The van der Waals surface area contributed by atoms with E-state index in [1.165, 1.54) is 33.4 Å². The second kappa shape index (κ2) is 7.69. The van der Waals surface area contributed by atoms with Crippen LogP contribution in [0.3, 0.4) is 0 Å². The largest absolute Gasteiger partial charge is 0.493 e. The molecule has 0 aliphatic heterocycles. The summed E-state index contributed by atoms with van der Waals surface area (Å²) in [5, 5.41) is 8.59. The summed E-state index contributed by atoms with van der Waals surface area (Å²) in [7, 11) is 0.431. The number of ether oxygens (including phenoxy) is 2. The molecule has 0 aliphatic rings. The zero-order valence-corrected chi connectivity index (χ0v) is 18.7. The van der Waals surface area contributed by atoms with Crippen molar-refractivity contribution in [3.8, 4) is 11.5 Å². The molecular formula is C21H23N5O4S. The number of aromatic nitrogens is 4. The van der Waals surface area contributed by atoms with Gasteiger partial charge in [0.05, 0.1) is 30.1 Å². The second-order valence-electron chi connectivity index (χ2n) is 7.29. The fourth-order valence-electron chi connectivity index (χ4n) is 3.42. The topological polar surface area (TPSA) is 98.9 Å². The van der Waals surface area contributed by atoms with Crippen LogP contribution in [0.4, 0.5) is 5.82 Å². The van der Waals surface area contributed by atoms with Crippen molar-refractivity contribution in [1.82, 2.24) is 19.6 Å². The zero-order valence-electron chi connectivity index (χ0n) is 17.9. The second-order valence-corrected chi connectivity index (χ2v) is 9.25. The van der Waals surface area contributed by atoms with Crippen LogP contribution in [0.5, 0.6) is 11.5 Å². The maximum atomic E-state index is 13.5. The Labute approximate surface area is 180 Å². The number of methoxy groups -OCH3 is 2. The van der Waals surface area contributed by atoms with Crippen molar-refractivity contribution in [2.24, 2.45) is 0 Å². The highest BCUT2D eigenvalue weighted by molar-refractivity contribution is 7.92. The van der Waals surface area contributed by atoms with Gasteiger partial charge < -0.3 is 9.47 Å². The molecule has 0 radical (unpaired) electrons. The minimum atomic E-state index is -3.97. The normalized spacial score (nSPS) is 11.9. The Morgan fingerprint density at radius 3 is 2.39 bits per heavy atom. The molecule has 162 valence electrons. The SMILES string of the molecule is COc1ccc(S(=O)(=O)N(C)c2nc3ccccc3n3c(C(C)C)nnc23)cc1OC. The molecule has 0 spiro atoms. The molecule has 10 heteroatoms. The van der Waals surface area contributed by atoms with Crippen LogP contribution in [0, 0.1) is 0 Å². The highest BCUT2D eigenvalue weighted by Crippen LogP contribution is 2.33. The molecule has 0 atom stereocenters. The smallest absolute Gasteiger partial charge is 0.265 e. The molecule has 2 heterocycles. The summed E-state index contributed by atoms with van der Waals surface area (Å²) >= 11 is 0. The molecule has 0 aliphatic carbocycles. The Balaban J connectivity index is 1.94. The van der Waals surface area contributed by atoms with E-state index in [9.17, 15) is 8.42 Å². The summed E-state index contributed by atoms with van der Waals surface area (Å²) in [6, 6.07) is 11.9. The molecule has 0 unspecified atom stereocenters. The van der Waals surface area contributed by atoms with Gasteiger partial charge in [0.2, 0.25) is 5.65 Å². The van der Waals surface area contributed by atoms with Gasteiger partial charge in [-0.3, -0.25) is 4.40 Å². The number of anilines is 1. The predicted molar refractivity (Wildman–Crippen MR) is 118 cm³/mol. The lowest BCUT2D eigenvalue weighted by Crippen LogP contribution is -2.28. The Kier molecular flexibility index (Phi) is 5.18. The third-order valence-electron chi connectivity index (χ3n) is 5.07. The van der Waals surface area contributed by atoms with E-state index in [0.717, 1.165) is 15.6 Å². The standard InChI is InChI=1S/C21H23N5O4S/c1-13(2)19-23-24-21-20(22-15-8-6-7-9-16(15)26(19)21)25(3)31(27,28)14-10-11-17(29-4)18(12-14)30-5/h6-13H,1-5H3. The van der Waals surface area contributed by atoms with Crippen molar-refractivity contribution in [2.45, 2.75) is 24.7 Å². The number of benzene rings is 2. The van der Waals surface area contributed by atoms with Crippen molar-refractivity contribution in [2.75, 3.05) is 25.6 Å². The van der Waals surface area contributed by atoms with Crippen molar-refractivity contribution in [1.29, 1.82) is 0 Å². The van der Waals surface area contributed by atoms with Crippen LogP contribution in [0.15, 0.2) is 47.4 Å². The van der Waals surface area contributed by atoms with E-state index in [2.05, 4.69) is 15.2 Å². The number of sulfonamides is 1. The summed E-state index contributed by atoms with van der Waals surface area (Å²) in [5.41, 5.74) is 1.82. The van der Waals surface area contributed by atoms with Gasteiger partial charge in [0, 0.05) is 19.0 Å². The molecule has 4 rings (SSSR count). The number of fused-ring (bicyclic) bond motifs is 3. The first-order valence-corrected chi connectivity index (χ1v) is 11.1. The summed E-state index contributed by atoms with van der Waals surface area (Å²) in [4.78, 5) is 4.66. The average Bonchev–Trinajstić information content (AvgIpc) is 3.23. The van der Waals surface area contributed by atoms with E-state index in [1.54, 1.807) is 6.07 Å². The van der Waals surface area contributed by atoms with Gasteiger partial charge in [0.15, 0.2) is 17.3 Å². The van der Waals surface area contributed by atoms with Gasteiger partial charge in [0.25, 0.3) is 10.0 Å². The van der Waals surface area contributed by atoms with Gasteiger partial charge in [-0.1, -0.05) is 26.0 Å². The molecule has 0 amide bonds. The van der Waals surface area contributed by atoms with Crippen molar-refractivity contribution < 1.29 is 17.9 Å². The van der Waals surface area contributed by atoms with Crippen LogP contribution in [0.25, 0.3) is 16.7 Å². The van der Waals surface area contributed by atoms with Crippen molar-refractivity contribution in [3.05, 3.63) is 48.3 Å². The molecule has 0 bridgehead atoms. The van der Waals surface area contributed by atoms with E-state index in [4.69, 9.17) is 9.47 Å². The first kappa shape index (κ1) is 20.9. The third-order valence-corrected chi connectivity index (χ3v) is 6.81. The van der Waals surface area contributed by atoms with Crippen LogP contribution in [-0.2, 0) is 10.0 Å². The molecule has 0 saturated carbocycles. The minimum Gasteiger partial charge on any atom is -0.493 e. The summed E-state index contributed by atoms with van der Waals surface area (Å²) in [6.45, 7) is 4.02. The van der Waals surface area contributed by atoms with E-state index in [0.29, 0.717) is 22.7 Å². The van der Waals surface area contributed by atoms with E-state index < -0.39 is 10.0 Å². The van der Waals surface area contributed by atoms with Crippen LogP contribution in [-0.4, -0.2) is 49.3 Å². The summed E-state index contributed by atoms with van der Waals surface area (Å²) in [5.74, 6) is 1.76. The lowest BCUT2D eigenvalue weighted by atomic mass is 10.2.